The highest BCUT2D eigenvalue weighted by Crippen LogP contribution is 2.35. The molecule has 216 valence electrons. The zero-order valence-corrected chi connectivity index (χ0v) is 24.9. The third kappa shape index (κ3) is 6.56. The normalized spacial score (nSPS) is 21.4. The fraction of sp³-hybridized carbons (Fsp3) is 0.531. The Labute approximate surface area is 238 Å². The number of carbonyl (C=O) groups is 2. The van der Waals surface area contributed by atoms with E-state index >= 15 is 0 Å². The highest BCUT2D eigenvalue weighted by Gasteiger charge is 2.29. The summed E-state index contributed by atoms with van der Waals surface area (Å²) in [6.07, 6.45) is 7.06. The molecule has 2 heterocycles. The van der Waals surface area contributed by atoms with Crippen molar-refractivity contribution in [3.8, 4) is 11.1 Å². The molecule has 1 aliphatic carbocycles. The van der Waals surface area contributed by atoms with Crippen molar-refractivity contribution in [2.45, 2.75) is 84.5 Å². The summed E-state index contributed by atoms with van der Waals surface area (Å²) in [4.78, 5) is 35.4. The van der Waals surface area contributed by atoms with Crippen molar-refractivity contribution in [2.75, 3.05) is 32.1 Å². The van der Waals surface area contributed by atoms with Gasteiger partial charge in [0.25, 0.3) is 5.91 Å². The quantitative estimate of drug-likeness (QED) is 0.435. The van der Waals surface area contributed by atoms with Gasteiger partial charge in [-0.25, -0.2) is 0 Å². The van der Waals surface area contributed by atoms with Crippen LogP contribution in [0.1, 0.15) is 74.5 Å². The zero-order valence-electron chi connectivity index (χ0n) is 24.9. The van der Waals surface area contributed by atoms with Crippen LogP contribution in [0.2, 0.25) is 0 Å². The molecule has 0 bridgehead atoms. The van der Waals surface area contributed by atoms with Crippen LogP contribution in [-0.2, 0) is 11.4 Å². The number of nitrogens with one attached hydrogen (secondary N) is 2. The third-order valence-corrected chi connectivity index (χ3v) is 8.64. The molecule has 4 rings (SSSR count). The van der Waals surface area contributed by atoms with E-state index in [9.17, 15) is 14.7 Å². The number of rotatable bonds is 9. The number of aliphatic hydroxyl groups is 1. The van der Waals surface area contributed by atoms with Crippen LogP contribution in [0.4, 0.5) is 5.69 Å². The molecule has 1 saturated carbocycles. The standard InChI is InChI=1S/C32H45N5O3/c1-7-37(27-12-10-26(11-13-27)36(5)6)30-16-24(23-8-9-25(19-38)33-17-23)15-28(22(30)4)31(39)34-18-29-20(2)14-21(3)35-32(29)40/h8-9,15-17,21,26-27,38H,7,10-14,18-19H2,1-6H3,(H,34,39)(H,35,40). The first-order valence-electron chi connectivity index (χ1n) is 14.5. The van der Waals surface area contributed by atoms with Crippen molar-refractivity contribution in [1.82, 2.24) is 20.5 Å². The Bertz CT molecular complexity index is 1250. The number of aromatic nitrogens is 1. The SMILES string of the molecule is CCN(c1cc(-c2ccc(CO)nc2)cc(C(=O)NCC2=C(C)CC(C)NC2=O)c1C)C1CCC(N(C)C)CC1. The highest BCUT2D eigenvalue weighted by atomic mass is 16.3. The molecule has 1 aromatic carbocycles. The first-order valence-corrected chi connectivity index (χ1v) is 14.5. The maximum Gasteiger partial charge on any atom is 0.251 e. The summed E-state index contributed by atoms with van der Waals surface area (Å²) >= 11 is 0. The van der Waals surface area contributed by atoms with Gasteiger partial charge in [-0.3, -0.25) is 14.6 Å². The maximum absolute atomic E-state index is 13.7. The van der Waals surface area contributed by atoms with Crippen LogP contribution in [0.15, 0.2) is 41.6 Å². The second kappa shape index (κ2) is 13.0. The van der Waals surface area contributed by atoms with E-state index in [0.29, 0.717) is 28.9 Å². The molecule has 2 amide bonds. The molecule has 1 unspecified atom stereocenters. The molecule has 1 fully saturated rings. The lowest BCUT2D eigenvalue weighted by Crippen LogP contribution is -2.43. The van der Waals surface area contributed by atoms with Gasteiger partial charge in [0, 0.05) is 59.8 Å². The Morgan fingerprint density at radius 3 is 2.38 bits per heavy atom. The van der Waals surface area contributed by atoms with Crippen molar-refractivity contribution in [1.29, 1.82) is 0 Å². The van der Waals surface area contributed by atoms with Gasteiger partial charge in [-0.1, -0.05) is 11.6 Å². The number of nitrogens with zero attached hydrogens (tertiary/aromatic N) is 3. The minimum atomic E-state index is -0.195. The van der Waals surface area contributed by atoms with Gasteiger partial charge in [0.05, 0.1) is 12.3 Å². The van der Waals surface area contributed by atoms with Crippen LogP contribution >= 0.6 is 0 Å². The number of aliphatic hydroxyl groups excluding tert-OH is 1. The first-order chi connectivity index (χ1) is 19.1. The van der Waals surface area contributed by atoms with Crippen molar-refractivity contribution in [2.24, 2.45) is 0 Å². The second-order valence-electron chi connectivity index (χ2n) is 11.6. The molecule has 0 spiro atoms. The average molecular weight is 548 g/mol. The van der Waals surface area contributed by atoms with E-state index in [2.05, 4.69) is 52.5 Å². The van der Waals surface area contributed by atoms with E-state index < -0.39 is 0 Å². The Kier molecular flexibility index (Phi) is 9.64. The summed E-state index contributed by atoms with van der Waals surface area (Å²) in [5.74, 6) is -0.303. The Balaban J connectivity index is 1.68. The van der Waals surface area contributed by atoms with Crippen LogP contribution in [0, 0.1) is 6.92 Å². The lowest BCUT2D eigenvalue weighted by Gasteiger charge is -2.40. The van der Waals surface area contributed by atoms with Crippen LogP contribution in [0.25, 0.3) is 11.1 Å². The smallest absolute Gasteiger partial charge is 0.251 e. The Morgan fingerprint density at radius 2 is 1.80 bits per heavy atom. The minimum absolute atomic E-state index is 0.104. The predicted molar refractivity (Wildman–Crippen MR) is 160 cm³/mol. The molecular weight excluding hydrogens is 502 g/mol. The lowest BCUT2D eigenvalue weighted by atomic mass is 9.88. The first kappa shape index (κ1) is 29.7. The summed E-state index contributed by atoms with van der Waals surface area (Å²) in [6.45, 7) is 9.08. The van der Waals surface area contributed by atoms with E-state index in [1.54, 1.807) is 6.20 Å². The number of pyridine rings is 1. The lowest BCUT2D eigenvalue weighted by molar-refractivity contribution is -0.118. The minimum Gasteiger partial charge on any atom is -0.390 e. The van der Waals surface area contributed by atoms with Gasteiger partial charge in [0.1, 0.15) is 0 Å². The molecule has 8 nitrogen and oxygen atoms in total. The van der Waals surface area contributed by atoms with Crippen molar-refractivity contribution >= 4 is 17.5 Å². The van der Waals surface area contributed by atoms with Gasteiger partial charge in [-0.2, -0.15) is 0 Å². The summed E-state index contributed by atoms with van der Waals surface area (Å²) in [5, 5.41) is 15.5. The van der Waals surface area contributed by atoms with Gasteiger partial charge in [0.15, 0.2) is 0 Å². The van der Waals surface area contributed by atoms with Crippen molar-refractivity contribution in [3.05, 3.63) is 58.4 Å². The second-order valence-corrected chi connectivity index (χ2v) is 11.6. The molecule has 1 aromatic heterocycles. The van der Waals surface area contributed by atoms with E-state index in [-0.39, 0.29) is 31.0 Å². The average Bonchev–Trinajstić information content (AvgIpc) is 2.94. The van der Waals surface area contributed by atoms with Crippen LogP contribution in [0.3, 0.4) is 0 Å². The molecule has 0 radical (unpaired) electrons. The van der Waals surface area contributed by atoms with Crippen LogP contribution in [0.5, 0.6) is 0 Å². The van der Waals surface area contributed by atoms with E-state index in [4.69, 9.17) is 0 Å². The molecule has 8 heteroatoms. The fourth-order valence-corrected chi connectivity index (χ4v) is 6.23. The van der Waals surface area contributed by atoms with E-state index in [1.807, 2.05) is 39.0 Å². The molecule has 2 aliphatic rings. The number of carbonyl (C=O) groups excluding carboxylic acids is 2. The molecule has 0 saturated heterocycles. The monoisotopic (exact) mass is 547 g/mol. The maximum atomic E-state index is 13.7. The molecule has 2 aromatic rings. The van der Waals surface area contributed by atoms with E-state index in [1.165, 1.54) is 0 Å². The fourth-order valence-electron chi connectivity index (χ4n) is 6.23. The van der Waals surface area contributed by atoms with Crippen LogP contribution < -0.4 is 15.5 Å². The summed E-state index contributed by atoms with van der Waals surface area (Å²) in [5.41, 5.74) is 6.64. The molecule has 1 aliphatic heterocycles. The van der Waals surface area contributed by atoms with Gasteiger partial charge < -0.3 is 25.5 Å². The highest BCUT2D eigenvalue weighted by molar-refractivity contribution is 6.01. The summed E-state index contributed by atoms with van der Waals surface area (Å²) < 4.78 is 0. The molecule has 1 atom stereocenters. The van der Waals surface area contributed by atoms with Gasteiger partial charge >= 0.3 is 0 Å². The van der Waals surface area contributed by atoms with Crippen LogP contribution in [-0.4, -0.2) is 72.1 Å². The number of benzene rings is 1. The summed E-state index contributed by atoms with van der Waals surface area (Å²) in [7, 11) is 4.32. The third-order valence-electron chi connectivity index (χ3n) is 8.64. The predicted octanol–water partition coefficient (Wildman–Crippen LogP) is 4.20. The molecular formula is C32H45N5O3. The summed E-state index contributed by atoms with van der Waals surface area (Å²) in [6, 6.07) is 8.96. The number of hydrogen-bond acceptors (Lipinski definition) is 6. The van der Waals surface area contributed by atoms with Crippen molar-refractivity contribution in [3.63, 3.8) is 0 Å². The van der Waals surface area contributed by atoms with Gasteiger partial charge in [-0.15, -0.1) is 0 Å². The van der Waals surface area contributed by atoms with E-state index in [0.717, 1.165) is 66.6 Å². The molecule has 3 N–H and O–H groups in total. The number of hydrogen-bond donors (Lipinski definition) is 3. The zero-order chi connectivity index (χ0) is 29.0. The topological polar surface area (TPSA) is 97.8 Å². The Morgan fingerprint density at radius 1 is 1.10 bits per heavy atom. The number of anilines is 1. The van der Waals surface area contributed by atoms with Gasteiger partial charge in [-0.05, 0) is 103 Å². The van der Waals surface area contributed by atoms with Crippen molar-refractivity contribution < 1.29 is 14.7 Å². The molecule has 40 heavy (non-hydrogen) atoms. The largest absolute Gasteiger partial charge is 0.390 e. The van der Waals surface area contributed by atoms with Gasteiger partial charge in [0.2, 0.25) is 5.91 Å². The number of amides is 2. The Hall–Kier alpha value is -3.23.